The van der Waals surface area contributed by atoms with Gasteiger partial charge in [0.15, 0.2) is 0 Å². The van der Waals surface area contributed by atoms with Crippen molar-refractivity contribution in [2.45, 2.75) is 45.6 Å². The Bertz CT molecular complexity index is 568. The molecule has 1 saturated carbocycles. The zero-order chi connectivity index (χ0) is 15.2. The molecular weight excluding hydrogens is 262 g/mol. The maximum absolute atomic E-state index is 12.5. The highest BCUT2D eigenvalue weighted by Crippen LogP contribution is 2.24. The molecule has 2 atom stereocenters. The lowest BCUT2D eigenvalue weighted by atomic mass is 9.85. The second-order valence-electron chi connectivity index (χ2n) is 5.78. The van der Waals surface area contributed by atoms with E-state index < -0.39 is 0 Å². The molecule has 2 N–H and O–H groups in total. The van der Waals surface area contributed by atoms with E-state index in [0.29, 0.717) is 11.5 Å². The zero-order valence-corrected chi connectivity index (χ0v) is 12.8. The van der Waals surface area contributed by atoms with Crippen LogP contribution in [0.5, 0.6) is 0 Å². The molecule has 0 bridgehead atoms. The van der Waals surface area contributed by atoms with E-state index in [4.69, 9.17) is 5.11 Å². The number of benzene rings is 1. The topological polar surface area (TPSA) is 49.3 Å². The Labute approximate surface area is 126 Å². The van der Waals surface area contributed by atoms with Crippen molar-refractivity contribution in [3.05, 3.63) is 34.9 Å². The Hall–Kier alpha value is -1.79. The lowest BCUT2D eigenvalue weighted by Gasteiger charge is -2.29. The maximum atomic E-state index is 12.5. The lowest BCUT2D eigenvalue weighted by molar-refractivity contribution is 0.0909. The first-order chi connectivity index (χ1) is 10.1. The van der Waals surface area contributed by atoms with E-state index in [9.17, 15) is 4.79 Å². The molecule has 1 aromatic carbocycles. The fourth-order valence-corrected chi connectivity index (χ4v) is 2.93. The highest BCUT2D eigenvalue weighted by atomic mass is 16.2. The van der Waals surface area contributed by atoms with Crippen molar-refractivity contribution < 1.29 is 9.90 Å². The standard InChI is InChI=1S/C18H23NO2/c1-13-7-3-4-11-17(13)19-18(21)16-10-5-8-15(14(16)2)9-6-12-20/h5,8,10,13,17,20H,3-4,7,11-12H2,1-2H3,(H,19,21). The van der Waals surface area contributed by atoms with Gasteiger partial charge in [-0.3, -0.25) is 4.79 Å². The minimum atomic E-state index is -0.171. The van der Waals surface area contributed by atoms with Crippen LogP contribution in [-0.4, -0.2) is 23.7 Å². The number of hydrogen-bond acceptors (Lipinski definition) is 2. The lowest BCUT2D eigenvalue weighted by Crippen LogP contribution is -2.41. The molecule has 0 radical (unpaired) electrons. The minimum absolute atomic E-state index is 0.0149. The summed E-state index contributed by atoms with van der Waals surface area (Å²) in [4.78, 5) is 12.5. The predicted molar refractivity (Wildman–Crippen MR) is 84.0 cm³/mol. The molecule has 0 saturated heterocycles. The second kappa shape index (κ2) is 7.28. The van der Waals surface area contributed by atoms with E-state index in [2.05, 4.69) is 24.1 Å². The van der Waals surface area contributed by atoms with Crippen molar-refractivity contribution in [2.24, 2.45) is 5.92 Å². The Balaban J connectivity index is 2.15. The van der Waals surface area contributed by atoms with Crippen molar-refractivity contribution >= 4 is 5.91 Å². The first kappa shape index (κ1) is 15.6. The summed E-state index contributed by atoms with van der Waals surface area (Å²) in [5.41, 5.74) is 2.35. The Morgan fingerprint density at radius 1 is 1.38 bits per heavy atom. The van der Waals surface area contributed by atoms with Gasteiger partial charge in [-0.2, -0.15) is 0 Å². The minimum Gasteiger partial charge on any atom is -0.384 e. The summed E-state index contributed by atoms with van der Waals surface area (Å²) in [6.07, 6.45) is 4.71. The summed E-state index contributed by atoms with van der Waals surface area (Å²) < 4.78 is 0. The van der Waals surface area contributed by atoms with E-state index in [0.717, 1.165) is 17.5 Å². The number of hydrogen-bond donors (Lipinski definition) is 2. The van der Waals surface area contributed by atoms with Gasteiger partial charge in [0.1, 0.15) is 6.61 Å². The summed E-state index contributed by atoms with van der Waals surface area (Å²) in [6.45, 7) is 3.94. The van der Waals surface area contributed by atoms with Crippen LogP contribution in [0.4, 0.5) is 0 Å². The van der Waals surface area contributed by atoms with E-state index in [1.165, 1.54) is 19.3 Å². The zero-order valence-electron chi connectivity index (χ0n) is 12.8. The molecule has 112 valence electrons. The summed E-state index contributed by atoms with van der Waals surface area (Å²) in [5, 5.41) is 12.0. The number of aliphatic hydroxyl groups excluding tert-OH is 1. The van der Waals surface area contributed by atoms with Crippen LogP contribution in [0.25, 0.3) is 0 Å². The third-order valence-corrected chi connectivity index (χ3v) is 4.31. The third-order valence-electron chi connectivity index (χ3n) is 4.31. The number of carbonyl (C=O) groups excluding carboxylic acids is 1. The normalized spacial score (nSPS) is 21.3. The quantitative estimate of drug-likeness (QED) is 0.821. The van der Waals surface area contributed by atoms with E-state index >= 15 is 0 Å². The number of amides is 1. The third kappa shape index (κ3) is 3.86. The smallest absolute Gasteiger partial charge is 0.251 e. The molecule has 1 aliphatic rings. The van der Waals surface area contributed by atoms with Crippen LogP contribution in [0, 0.1) is 24.7 Å². The molecule has 0 aromatic heterocycles. The first-order valence-electron chi connectivity index (χ1n) is 7.63. The van der Waals surface area contributed by atoms with Crippen molar-refractivity contribution in [3.8, 4) is 11.8 Å². The molecule has 21 heavy (non-hydrogen) atoms. The highest BCUT2D eigenvalue weighted by Gasteiger charge is 2.23. The van der Waals surface area contributed by atoms with Crippen molar-refractivity contribution in [2.75, 3.05) is 6.61 Å². The summed E-state index contributed by atoms with van der Waals surface area (Å²) in [7, 11) is 0. The molecule has 1 amide bonds. The molecule has 3 heteroatoms. The summed E-state index contributed by atoms with van der Waals surface area (Å²) >= 11 is 0. The van der Waals surface area contributed by atoms with Crippen LogP contribution >= 0.6 is 0 Å². The van der Waals surface area contributed by atoms with Gasteiger partial charge in [0.2, 0.25) is 0 Å². The molecule has 0 spiro atoms. The van der Waals surface area contributed by atoms with Gasteiger partial charge in [-0.1, -0.05) is 37.7 Å². The summed E-state index contributed by atoms with van der Waals surface area (Å²) in [5.74, 6) is 6.05. The molecule has 1 aromatic rings. The van der Waals surface area contributed by atoms with Crippen LogP contribution in [0.1, 0.15) is 54.1 Å². The second-order valence-corrected chi connectivity index (χ2v) is 5.78. The first-order valence-corrected chi connectivity index (χ1v) is 7.63. The van der Waals surface area contributed by atoms with Gasteiger partial charge < -0.3 is 10.4 Å². The van der Waals surface area contributed by atoms with Crippen LogP contribution in [0.3, 0.4) is 0 Å². The van der Waals surface area contributed by atoms with Gasteiger partial charge in [-0.25, -0.2) is 0 Å². The van der Waals surface area contributed by atoms with Crippen LogP contribution in [0.15, 0.2) is 18.2 Å². The van der Waals surface area contributed by atoms with Crippen molar-refractivity contribution in [3.63, 3.8) is 0 Å². The van der Waals surface area contributed by atoms with E-state index in [1.807, 2.05) is 25.1 Å². The van der Waals surface area contributed by atoms with E-state index in [1.54, 1.807) is 0 Å². The van der Waals surface area contributed by atoms with Crippen molar-refractivity contribution in [1.82, 2.24) is 5.32 Å². The van der Waals surface area contributed by atoms with Gasteiger partial charge in [0.05, 0.1) is 0 Å². The predicted octanol–water partition coefficient (Wildman–Crippen LogP) is 2.65. The molecule has 0 aliphatic heterocycles. The fraction of sp³-hybridized carbons (Fsp3) is 0.500. The number of rotatable bonds is 2. The molecule has 2 unspecified atom stereocenters. The number of carbonyl (C=O) groups is 1. The molecule has 1 aliphatic carbocycles. The van der Waals surface area contributed by atoms with Gasteiger partial charge in [-0.15, -0.1) is 0 Å². The monoisotopic (exact) mass is 285 g/mol. The van der Waals surface area contributed by atoms with Crippen LogP contribution in [-0.2, 0) is 0 Å². The maximum Gasteiger partial charge on any atom is 0.251 e. The Morgan fingerprint density at radius 2 is 2.14 bits per heavy atom. The van der Waals surface area contributed by atoms with Gasteiger partial charge in [0.25, 0.3) is 5.91 Å². The van der Waals surface area contributed by atoms with Crippen LogP contribution in [0.2, 0.25) is 0 Å². The SMILES string of the molecule is Cc1c(C#CCO)cccc1C(=O)NC1CCCCC1C. The van der Waals surface area contributed by atoms with Crippen LogP contribution < -0.4 is 5.32 Å². The average molecular weight is 285 g/mol. The summed E-state index contributed by atoms with van der Waals surface area (Å²) in [6, 6.07) is 5.83. The Kier molecular flexibility index (Phi) is 5.41. The highest BCUT2D eigenvalue weighted by molar-refractivity contribution is 5.96. The fourth-order valence-electron chi connectivity index (χ4n) is 2.93. The number of aliphatic hydroxyl groups is 1. The average Bonchev–Trinajstić information content (AvgIpc) is 2.48. The molecule has 2 rings (SSSR count). The molecule has 3 nitrogen and oxygen atoms in total. The van der Waals surface area contributed by atoms with Gasteiger partial charge in [-0.05, 0) is 43.4 Å². The van der Waals surface area contributed by atoms with Crippen molar-refractivity contribution in [1.29, 1.82) is 0 Å². The Morgan fingerprint density at radius 3 is 2.86 bits per heavy atom. The molecule has 1 fully saturated rings. The van der Waals surface area contributed by atoms with Gasteiger partial charge in [0, 0.05) is 17.2 Å². The largest absolute Gasteiger partial charge is 0.384 e. The molecule has 0 heterocycles. The number of nitrogens with one attached hydrogen (secondary N) is 1. The van der Waals surface area contributed by atoms with Gasteiger partial charge >= 0.3 is 0 Å². The van der Waals surface area contributed by atoms with E-state index in [-0.39, 0.29) is 18.6 Å². The molecular formula is C18H23NO2.